The van der Waals surface area contributed by atoms with Gasteiger partial charge < -0.3 is 0 Å². The molecule has 0 N–H and O–H groups in total. The molecule has 39 heavy (non-hydrogen) atoms. The number of hydrogen-bond donors (Lipinski definition) is 0. The van der Waals surface area contributed by atoms with Gasteiger partial charge in [0.15, 0.2) is 0 Å². The molecule has 6 aromatic rings. The molecule has 0 atom stereocenters. The summed E-state index contributed by atoms with van der Waals surface area (Å²) in [5.74, 6) is 0. The Balaban J connectivity index is 1.41. The first-order valence-electron chi connectivity index (χ1n) is 14.2. The van der Waals surface area contributed by atoms with Crippen LogP contribution in [-0.4, -0.2) is 6.15 Å². The van der Waals surface area contributed by atoms with E-state index in [0.29, 0.717) is 0 Å². The summed E-state index contributed by atoms with van der Waals surface area (Å²) < 4.78 is 0. The van der Waals surface area contributed by atoms with Crippen molar-refractivity contribution >= 4 is 73.1 Å². The summed E-state index contributed by atoms with van der Waals surface area (Å²) in [6.45, 7) is 2.41. The molecule has 0 aromatic heterocycles. The van der Waals surface area contributed by atoms with Crippen LogP contribution in [0.15, 0.2) is 109 Å². The fourth-order valence-corrected chi connectivity index (χ4v) is 8.31. The second kappa shape index (κ2) is 7.49. The molecular formula is C38H26B-. The molecule has 3 aliphatic carbocycles. The van der Waals surface area contributed by atoms with E-state index in [2.05, 4.69) is 134 Å². The average Bonchev–Trinajstić information content (AvgIpc) is 3.67. The molecule has 0 aliphatic heterocycles. The van der Waals surface area contributed by atoms with Crippen molar-refractivity contribution in [3.63, 3.8) is 0 Å². The van der Waals surface area contributed by atoms with Crippen molar-refractivity contribution in [1.29, 1.82) is 0 Å². The van der Waals surface area contributed by atoms with Crippen molar-refractivity contribution in [2.24, 2.45) is 0 Å². The standard InChI is InChI=1S/C38H26B/c1-2-39(33-21-27-15-3-9-24-12-6-18-30(33)36(24)27,34-22-28-16-4-10-25-13-7-19-31(34)37(25)28)35-23-29-17-5-11-26-14-8-20-32(35)38(26)29/h3-23H,2H2,1H3/q-1. The average molecular weight is 493 g/mol. The minimum Gasteiger partial charge on any atom is -0.192 e. The van der Waals surface area contributed by atoms with E-state index in [0.717, 1.165) is 6.32 Å². The first-order chi connectivity index (χ1) is 19.3. The predicted molar refractivity (Wildman–Crippen MR) is 172 cm³/mol. The third-order valence-corrected chi connectivity index (χ3v) is 9.88. The van der Waals surface area contributed by atoms with Crippen LogP contribution in [0.5, 0.6) is 0 Å². The molecule has 0 unspecified atom stereocenters. The van der Waals surface area contributed by atoms with Crippen LogP contribution >= 0.6 is 0 Å². The summed E-state index contributed by atoms with van der Waals surface area (Å²) in [6, 6.07) is 40.9. The quantitative estimate of drug-likeness (QED) is 0.214. The Labute approximate surface area is 228 Å². The Kier molecular flexibility index (Phi) is 4.10. The van der Waals surface area contributed by atoms with E-state index in [4.69, 9.17) is 0 Å². The van der Waals surface area contributed by atoms with Crippen molar-refractivity contribution in [2.75, 3.05) is 0 Å². The number of rotatable bonds is 4. The Morgan fingerprint density at radius 2 is 0.718 bits per heavy atom. The van der Waals surface area contributed by atoms with Gasteiger partial charge in [0, 0.05) is 0 Å². The molecule has 6 aromatic carbocycles. The van der Waals surface area contributed by atoms with E-state index in [9.17, 15) is 0 Å². The third-order valence-electron chi connectivity index (χ3n) is 9.88. The maximum absolute atomic E-state index is 2.52. The fraction of sp³-hybridized carbons (Fsp3) is 0.0526. The molecule has 0 amide bonds. The molecule has 0 saturated carbocycles. The van der Waals surface area contributed by atoms with Crippen molar-refractivity contribution in [1.82, 2.24) is 0 Å². The lowest BCUT2D eigenvalue weighted by Gasteiger charge is -2.46. The van der Waals surface area contributed by atoms with E-state index >= 15 is 0 Å². The molecule has 0 fully saturated rings. The molecule has 0 bridgehead atoms. The Bertz CT molecular complexity index is 1890. The normalized spacial score (nSPS) is 14.8. The zero-order valence-corrected chi connectivity index (χ0v) is 21.9. The maximum Gasteiger partial charge on any atom is 0.0836 e. The zero-order valence-electron chi connectivity index (χ0n) is 21.9. The minimum absolute atomic E-state index is 1.03. The Morgan fingerprint density at radius 3 is 1.03 bits per heavy atom. The summed E-state index contributed by atoms with van der Waals surface area (Å²) in [6.07, 6.45) is 7.30. The monoisotopic (exact) mass is 493 g/mol. The van der Waals surface area contributed by atoms with E-state index in [1.165, 1.54) is 82.1 Å². The Hall–Kier alpha value is -4.62. The van der Waals surface area contributed by atoms with Gasteiger partial charge in [-0.15, -0.1) is 0 Å². The predicted octanol–water partition coefficient (Wildman–Crippen LogP) is 10.2. The van der Waals surface area contributed by atoms with Gasteiger partial charge in [0.05, 0.1) is 6.15 Å². The highest BCUT2D eigenvalue weighted by Gasteiger charge is 2.40. The molecule has 0 radical (unpaired) electrons. The number of benzene rings is 6. The van der Waals surface area contributed by atoms with E-state index in [-0.39, 0.29) is 0 Å². The van der Waals surface area contributed by atoms with Crippen LogP contribution in [0.2, 0.25) is 6.32 Å². The van der Waals surface area contributed by atoms with Crippen molar-refractivity contribution in [3.05, 3.63) is 143 Å². The fourth-order valence-electron chi connectivity index (χ4n) is 8.31. The molecule has 182 valence electrons. The Morgan fingerprint density at radius 1 is 0.410 bits per heavy atom. The third kappa shape index (κ3) is 2.60. The highest BCUT2D eigenvalue weighted by molar-refractivity contribution is 7.23. The number of hydrogen-bond acceptors (Lipinski definition) is 0. The smallest absolute Gasteiger partial charge is 0.0836 e. The maximum atomic E-state index is 2.52. The molecule has 0 spiro atoms. The molecule has 0 nitrogen and oxygen atoms in total. The molecule has 1 heteroatoms. The van der Waals surface area contributed by atoms with Gasteiger partial charge in [0.2, 0.25) is 0 Å². The van der Waals surface area contributed by atoms with Gasteiger partial charge in [-0.1, -0.05) is 151 Å². The van der Waals surface area contributed by atoms with Crippen molar-refractivity contribution in [3.8, 4) is 0 Å². The van der Waals surface area contributed by atoms with Gasteiger partial charge in [-0.3, -0.25) is 0 Å². The largest absolute Gasteiger partial charge is 0.192 e. The van der Waals surface area contributed by atoms with Gasteiger partial charge in [0.25, 0.3) is 0 Å². The van der Waals surface area contributed by atoms with Gasteiger partial charge in [-0.05, 0) is 49.0 Å². The lowest BCUT2D eigenvalue weighted by atomic mass is 9.12. The van der Waals surface area contributed by atoms with E-state index < -0.39 is 6.15 Å². The summed E-state index contributed by atoms with van der Waals surface area (Å²) in [7, 11) is 0. The van der Waals surface area contributed by atoms with Gasteiger partial charge in [0.1, 0.15) is 0 Å². The van der Waals surface area contributed by atoms with Crippen LogP contribution in [0.3, 0.4) is 0 Å². The second-order valence-electron chi connectivity index (χ2n) is 11.5. The molecule has 9 rings (SSSR count). The van der Waals surface area contributed by atoms with Gasteiger partial charge in [-0.2, -0.15) is 22.7 Å². The van der Waals surface area contributed by atoms with Crippen LogP contribution in [0.1, 0.15) is 40.3 Å². The summed E-state index contributed by atoms with van der Waals surface area (Å²) >= 11 is 0. The zero-order chi connectivity index (χ0) is 25.7. The lowest BCUT2D eigenvalue weighted by Crippen LogP contribution is -2.38. The first-order valence-corrected chi connectivity index (χ1v) is 14.2. The van der Waals surface area contributed by atoms with Crippen LogP contribution in [-0.2, 0) is 0 Å². The highest BCUT2D eigenvalue weighted by Crippen LogP contribution is 2.57. The molecule has 0 saturated heterocycles. The van der Waals surface area contributed by atoms with Crippen LogP contribution in [0, 0.1) is 0 Å². The lowest BCUT2D eigenvalue weighted by molar-refractivity contribution is 1.42. The second-order valence-corrected chi connectivity index (χ2v) is 11.5. The van der Waals surface area contributed by atoms with Crippen LogP contribution < -0.4 is 0 Å². The van der Waals surface area contributed by atoms with Gasteiger partial charge in [-0.25, -0.2) is 0 Å². The summed E-state index contributed by atoms with van der Waals surface area (Å²) in [4.78, 5) is 0. The first kappa shape index (κ1) is 21.3. The molecular weight excluding hydrogens is 467 g/mol. The van der Waals surface area contributed by atoms with Crippen molar-refractivity contribution in [2.45, 2.75) is 13.2 Å². The molecule has 3 aliphatic rings. The van der Waals surface area contributed by atoms with Crippen LogP contribution in [0.25, 0.3) is 67.0 Å². The van der Waals surface area contributed by atoms with E-state index in [1.807, 2.05) is 0 Å². The topological polar surface area (TPSA) is 0 Å². The minimum atomic E-state index is -1.30. The summed E-state index contributed by atoms with van der Waals surface area (Å²) in [5, 5.41) is 8.19. The van der Waals surface area contributed by atoms with Crippen LogP contribution in [0.4, 0.5) is 0 Å². The van der Waals surface area contributed by atoms with Gasteiger partial charge >= 0.3 is 0 Å². The summed E-state index contributed by atoms with van der Waals surface area (Å²) in [5.41, 5.74) is 12.7. The molecule has 0 heterocycles. The van der Waals surface area contributed by atoms with E-state index in [1.54, 1.807) is 0 Å². The highest BCUT2D eigenvalue weighted by atomic mass is 14.3. The SMILES string of the molecule is CC[B-](C1=Cc2cccc3cccc1c23)(C1=Cc2cccc3cccc1c23)C1=Cc2cccc3cccc1c23. The van der Waals surface area contributed by atoms with Crippen molar-refractivity contribution < 1.29 is 0 Å².